The third-order valence-electron chi connectivity index (χ3n) is 2.20. The van der Waals surface area contributed by atoms with Gasteiger partial charge in [0.25, 0.3) is 5.91 Å². The fourth-order valence-electron chi connectivity index (χ4n) is 1.26. The molecule has 4 nitrogen and oxygen atoms in total. The average Bonchev–Trinajstić information content (AvgIpc) is 2.35. The number of hydrogen-bond acceptors (Lipinski definition) is 3. The van der Waals surface area contributed by atoms with Gasteiger partial charge in [0.15, 0.2) is 6.61 Å². The Balaban J connectivity index is 2.45. The van der Waals surface area contributed by atoms with Crippen LogP contribution >= 0.6 is 0 Å². The van der Waals surface area contributed by atoms with E-state index in [-0.39, 0.29) is 11.7 Å². The molecule has 112 valence electrons. The molecule has 0 aliphatic rings. The van der Waals surface area contributed by atoms with Crippen molar-refractivity contribution in [2.24, 2.45) is 0 Å². The van der Waals surface area contributed by atoms with E-state index in [1.54, 1.807) is 17.6 Å². The highest BCUT2D eigenvalue weighted by molar-refractivity contribution is 5.93. The van der Waals surface area contributed by atoms with Crippen molar-refractivity contribution in [3.8, 4) is 0 Å². The number of halogens is 3. The molecule has 0 fully saturated rings. The first-order valence-corrected chi connectivity index (χ1v) is 5.97. The monoisotopic (exact) mass is 291 g/mol. The molecular formula is C13H16F3NO3. The lowest BCUT2D eigenvalue weighted by Crippen LogP contribution is -2.29. The Morgan fingerprint density at radius 3 is 2.35 bits per heavy atom. The van der Waals surface area contributed by atoms with Gasteiger partial charge in [0.2, 0.25) is 0 Å². The van der Waals surface area contributed by atoms with Crippen LogP contribution in [0.5, 0.6) is 0 Å². The summed E-state index contributed by atoms with van der Waals surface area (Å²) in [6.07, 6.45) is -4.39. The van der Waals surface area contributed by atoms with Gasteiger partial charge in [0, 0.05) is 5.56 Å². The summed E-state index contributed by atoms with van der Waals surface area (Å²) in [6.45, 7) is 2.68. The Kier molecular flexibility index (Phi) is 5.97. The van der Waals surface area contributed by atoms with Crippen molar-refractivity contribution in [1.29, 1.82) is 0 Å². The maximum atomic E-state index is 11.8. The van der Waals surface area contributed by atoms with Gasteiger partial charge in [0.05, 0.1) is 12.7 Å². The minimum atomic E-state index is -4.48. The van der Waals surface area contributed by atoms with Crippen LogP contribution in [0.2, 0.25) is 0 Å². The van der Waals surface area contributed by atoms with E-state index >= 15 is 0 Å². The predicted molar refractivity (Wildman–Crippen MR) is 65.8 cm³/mol. The standard InChI is InChI=1S/C13H16F3NO3/c1-9(2)19-7-10-3-5-11(6-4-10)12(18)17-20-8-13(14,15)16/h3-6,9H,7-8H2,1-2H3,(H,17,18). The second-order valence-corrected chi connectivity index (χ2v) is 4.39. The first-order valence-electron chi connectivity index (χ1n) is 5.97. The molecule has 0 aromatic heterocycles. The van der Waals surface area contributed by atoms with Gasteiger partial charge in [-0.15, -0.1) is 0 Å². The molecule has 0 aliphatic heterocycles. The summed E-state index contributed by atoms with van der Waals surface area (Å²) in [7, 11) is 0. The Morgan fingerprint density at radius 1 is 1.25 bits per heavy atom. The lowest BCUT2D eigenvalue weighted by atomic mass is 10.1. The summed E-state index contributed by atoms with van der Waals surface area (Å²) >= 11 is 0. The van der Waals surface area contributed by atoms with Crippen LogP contribution in [-0.2, 0) is 16.2 Å². The summed E-state index contributed by atoms with van der Waals surface area (Å²) in [4.78, 5) is 15.5. The molecule has 0 saturated carbocycles. The molecule has 0 bridgehead atoms. The molecule has 1 rings (SSSR count). The number of ether oxygens (including phenoxy) is 1. The van der Waals surface area contributed by atoms with Crippen LogP contribution in [0.4, 0.5) is 13.2 Å². The number of carbonyl (C=O) groups is 1. The Bertz CT molecular complexity index is 429. The average molecular weight is 291 g/mol. The molecular weight excluding hydrogens is 275 g/mol. The van der Waals surface area contributed by atoms with Crippen molar-refractivity contribution in [2.75, 3.05) is 6.61 Å². The van der Waals surface area contributed by atoms with Crippen LogP contribution in [0.25, 0.3) is 0 Å². The molecule has 1 aromatic rings. The topological polar surface area (TPSA) is 47.6 Å². The first kappa shape index (κ1) is 16.5. The van der Waals surface area contributed by atoms with E-state index in [2.05, 4.69) is 4.84 Å². The Labute approximate surface area is 114 Å². The highest BCUT2D eigenvalue weighted by Crippen LogP contribution is 2.14. The number of benzene rings is 1. The second-order valence-electron chi connectivity index (χ2n) is 4.39. The SMILES string of the molecule is CC(C)OCc1ccc(C(=O)NOCC(F)(F)F)cc1. The molecule has 20 heavy (non-hydrogen) atoms. The number of rotatable bonds is 6. The largest absolute Gasteiger partial charge is 0.414 e. The van der Waals surface area contributed by atoms with Crippen molar-refractivity contribution in [3.05, 3.63) is 35.4 Å². The number of amides is 1. The van der Waals surface area contributed by atoms with Gasteiger partial charge in [-0.1, -0.05) is 12.1 Å². The summed E-state index contributed by atoms with van der Waals surface area (Å²) in [5.74, 6) is -0.731. The van der Waals surface area contributed by atoms with Crippen LogP contribution in [0.3, 0.4) is 0 Å². The van der Waals surface area contributed by atoms with E-state index in [4.69, 9.17) is 4.74 Å². The van der Waals surface area contributed by atoms with Crippen molar-refractivity contribution < 1.29 is 27.5 Å². The third-order valence-corrected chi connectivity index (χ3v) is 2.20. The van der Waals surface area contributed by atoms with E-state index in [1.807, 2.05) is 13.8 Å². The molecule has 0 saturated heterocycles. The van der Waals surface area contributed by atoms with E-state index in [9.17, 15) is 18.0 Å². The molecule has 0 heterocycles. The molecule has 0 radical (unpaired) electrons. The molecule has 7 heteroatoms. The quantitative estimate of drug-likeness (QED) is 0.820. The predicted octanol–water partition coefficient (Wildman–Crippen LogP) is 2.84. The maximum Gasteiger partial charge on any atom is 0.414 e. The van der Waals surface area contributed by atoms with E-state index < -0.39 is 18.7 Å². The number of alkyl halides is 3. The molecule has 0 spiro atoms. The third kappa shape index (κ3) is 6.53. The molecule has 1 aromatic carbocycles. The van der Waals surface area contributed by atoms with Crippen LogP contribution in [-0.4, -0.2) is 24.8 Å². The maximum absolute atomic E-state index is 11.8. The lowest BCUT2D eigenvalue weighted by molar-refractivity contribution is -0.184. The smallest absolute Gasteiger partial charge is 0.374 e. The van der Waals surface area contributed by atoms with Gasteiger partial charge in [-0.05, 0) is 31.5 Å². The zero-order chi connectivity index (χ0) is 15.2. The van der Waals surface area contributed by atoms with Crippen molar-refractivity contribution in [2.45, 2.75) is 32.7 Å². The second kappa shape index (κ2) is 7.25. The molecule has 0 atom stereocenters. The van der Waals surface area contributed by atoms with E-state index in [0.29, 0.717) is 6.61 Å². The minimum Gasteiger partial charge on any atom is -0.374 e. The van der Waals surface area contributed by atoms with E-state index in [1.165, 1.54) is 12.1 Å². The Morgan fingerprint density at radius 2 is 1.85 bits per heavy atom. The molecule has 1 amide bonds. The summed E-state index contributed by atoms with van der Waals surface area (Å²) in [5, 5.41) is 0. The lowest BCUT2D eigenvalue weighted by Gasteiger charge is -2.09. The van der Waals surface area contributed by atoms with Gasteiger partial charge in [0.1, 0.15) is 0 Å². The number of carbonyl (C=O) groups excluding carboxylic acids is 1. The van der Waals surface area contributed by atoms with Gasteiger partial charge >= 0.3 is 6.18 Å². The minimum absolute atomic E-state index is 0.0914. The van der Waals surface area contributed by atoms with Crippen molar-refractivity contribution in [1.82, 2.24) is 5.48 Å². The van der Waals surface area contributed by atoms with Crippen molar-refractivity contribution in [3.63, 3.8) is 0 Å². The zero-order valence-corrected chi connectivity index (χ0v) is 11.2. The van der Waals surface area contributed by atoms with E-state index in [0.717, 1.165) is 5.56 Å². The highest BCUT2D eigenvalue weighted by atomic mass is 19.4. The van der Waals surface area contributed by atoms with Crippen LogP contribution in [0, 0.1) is 0 Å². The summed E-state index contributed by atoms with van der Waals surface area (Å²) in [5.41, 5.74) is 2.81. The number of nitrogens with one attached hydrogen (secondary N) is 1. The van der Waals surface area contributed by atoms with Gasteiger partial charge in [-0.25, -0.2) is 5.48 Å². The zero-order valence-electron chi connectivity index (χ0n) is 11.2. The van der Waals surface area contributed by atoms with Crippen LogP contribution in [0.1, 0.15) is 29.8 Å². The summed E-state index contributed by atoms with van der Waals surface area (Å²) in [6, 6.07) is 6.32. The van der Waals surface area contributed by atoms with Gasteiger partial charge < -0.3 is 4.74 Å². The van der Waals surface area contributed by atoms with Crippen LogP contribution < -0.4 is 5.48 Å². The van der Waals surface area contributed by atoms with Gasteiger partial charge in [-0.3, -0.25) is 9.63 Å². The molecule has 0 unspecified atom stereocenters. The molecule has 1 N–H and O–H groups in total. The Hall–Kier alpha value is -1.60. The number of hydrogen-bond donors (Lipinski definition) is 1. The first-order chi connectivity index (χ1) is 9.28. The molecule has 0 aliphatic carbocycles. The van der Waals surface area contributed by atoms with Crippen molar-refractivity contribution >= 4 is 5.91 Å². The number of hydroxylamine groups is 1. The van der Waals surface area contributed by atoms with Crippen LogP contribution in [0.15, 0.2) is 24.3 Å². The normalized spacial score (nSPS) is 11.7. The fourth-order valence-corrected chi connectivity index (χ4v) is 1.26. The summed E-state index contributed by atoms with van der Waals surface area (Å²) < 4.78 is 40.8. The highest BCUT2D eigenvalue weighted by Gasteiger charge is 2.28. The fraction of sp³-hybridized carbons (Fsp3) is 0.462. The van der Waals surface area contributed by atoms with Gasteiger partial charge in [-0.2, -0.15) is 13.2 Å².